The summed E-state index contributed by atoms with van der Waals surface area (Å²) in [7, 11) is 0. The summed E-state index contributed by atoms with van der Waals surface area (Å²) in [5.74, 6) is -2.97. The maximum Gasteiger partial charge on any atom is 0.254 e. The summed E-state index contributed by atoms with van der Waals surface area (Å²) < 4.78 is 32.2. The Balaban J connectivity index is 2.34. The molecule has 1 aliphatic rings. The lowest BCUT2D eigenvalue weighted by molar-refractivity contribution is 0.0992. The average molecular weight is 242 g/mol. The van der Waals surface area contributed by atoms with E-state index < -0.39 is 23.1 Å². The summed E-state index contributed by atoms with van der Waals surface area (Å²) >= 11 is 0. The van der Waals surface area contributed by atoms with E-state index in [4.69, 9.17) is 10.5 Å². The number of carbonyl (C=O) groups excluding carboxylic acids is 1. The van der Waals surface area contributed by atoms with Gasteiger partial charge in [0, 0.05) is 18.8 Å². The van der Waals surface area contributed by atoms with Crippen molar-refractivity contribution in [2.24, 2.45) is 5.73 Å². The molecule has 0 unspecified atom stereocenters. The van der Waals surface area contributed by atoms with Crippen LogP contribution in [0.25, 0.3) is 0 Å². The third-order valence-corrected chi connectivity index (χ3v) is 2.65. The van der Waals surface area contributed by atoms with Crippen LogP contribution in [0.1, 0.15) is 10.4 Å². The van der Waals surface area contributed by atoms with Crippen molar-refractivity contribution in [3.63, 3.8) is 0 Å². The van der Waals surface area contributed by atoms with Gasteiger partial charge in [-0.05, 0) is 12.1 Å². The number of anilines is 1. The fourth-order valence-electron chi connectivity index (χ4n) is 1.80. The maximum atomic E-state index is 13.5. The molecule has 0 aromatic heterocycles. The number of halogens is 2. The van der Waals surface area contributed by atoms with Gasteiger partial charge in [-0.3, -0.25) is 4.79 Å². The minimum absolute atomic E-state index is 0.397. The molecule has 17 heavy (non-hydrogen) atoms. The third kappa shape index (κ3) is 2.36. The Morgan fingerprint density at radius 2 is 1.76 bits per heavy atom. The number of rotatable bonds is 2. The molecule has 1 heterocycles. The van der Waals surface area contributed by atoms with Gasteiger partial charge in [-0.25, -0.2) is 8.78 Å². The smallest absolute Gasteiger partial charge is 0.254 e. The number of benzene rings is 1. The summed E-state index contributed by atoms with van der Waals surface area (Å²) in [5.41, 5.74) is 4.60. The number of nitrogens with two attached hydrogens (primary N) is 1. The summed E-state index contributed by atoms with van der Waals surface area (Å²) in [6, 6.07) is 2.24. The molecule has 1 amide bonds. The predicted octanol–water partition coefficient (Wildman–Crippen LogP) is 0.900. The van der Waals surface area contributed by atoms with E-state index in [2.05, 4.69) is 0 Å². The maximum absolute atomic E-state index is 13.5. The van der Waals surface area contributed by atoms with Crippen LogP contribution in [0.15, 0.2) is 12.1 Å². The largest absolute Gasteiger partial charge is 0.378 e. The molecule has 2 rings (SSSR count). The van der Waals surface area contributed by atoms with Gasteiger partial charge in [-0.15, -0.1) is 0 Å². The third-order valence-electron chi connectivity index (χ3n) is 2.65. The minimum atomic E-state index is -1.10. The molecule has 1 aliphatic heterocycles. The molecule has 2 N–H and O–H groups in total. The second-order valence-electron chi connectivity index (χ2n) is 3.75. The summed E-state index contributed by atoms with van der Waals surface area (Å²) in [5, 5.41) is 0. The van der Waals surface area contributed by atoms with Crippen molar-refractivity contribution in [1.82, 2.24) is 0 Å². The van der Waals surface area contributed by atoms with Gasteiger partial charge in [0.1, 0.15) is 17.2 Å². The normalized spacial score (nSPS) is 16.0. The molecule has 92 valence electrons. The average Bonchev–Trinajstić information content (AvgIpc) is 2.28. The van der Waals surface area contributed by atoms with E-state index in [-0.39, 0.29) is 0 Å². The molecule has 6 heteroatoms. The zero-order valence-electron chi connectivity index (χ0n) is 9.08. The summed E-state index contributed by atoms with van der Waals surface area (Å²) in [6.45, 7) is 2.16. The van der Waals surface area contributed by atoms with Crippen molar-refractivity contribution in [3.8, 4) is 0 Å². The lowest BCUT2D eigenvalue weighted by Gasteiger charge is -2.29. The molecule has 1 fully saturated rings. The van der Waals surface area contributed by atoms with Gasteiger partial charge < -0.3 is 15.4 Å². The lowest BCUT2D eigenvalue weighted by Crippen LogP contribution is -2.36. The Morgan fingerprint density at radius 1 is 1.24 bits per heavy atom. The van der Waals surface area contributed by atoms with Gasteiger partial charge in [0.05, 0.1) is 13.2 Å². The van der Waals surface area contributed by atoms with Crippen molar-refractivity contribution >= 4 is 11.6 Å². The van der Waals surface area contributed by atoms with Crippen LogP contribution in [0.4, 0.5) is 14.5 Å². The van der Waals surface area contributed by atoms with E-state index in [1.54, 1.807) is 4.90 Å². The van der Waals surface area contributed by atoms with Crippen molar-refractivity contribution in [2.45, 2.75) is 0 Å². The Labute approximate surface area is 97.0 Å². The van der Waals surface area contributed by atoms with Crippen LogP contribution >= 0.6 is 0 Å². The molecule has 0 radical (unpaired) electrons. The van der Waals surface area contributed by atoms with Gasteiger partial charge in [0.25, 0.3) is 5.91 Å². The number of morpholine rings is 1. The van der Waals surface area contributed by atoms with E-state index in [0.29, 0.717) is 32.0 Å². The molecule has 0 atom stereocenters. The standard InChI is InChI=1S/C11H12F2N2O2/c12-8-5-7(15-1-3-17-4-2-15)6-9(13)10(8)11(14)16/h5-6H,1-4H2,(H2,14,16). The highest BCUT2D eigenvalue weighted by molar-refractivity contribution is 5.93. The van der Waals surface area contributed by atoms with Gasteiger partial charge in [0.2, 0.25) is 0 Å². The summed E-state index contributed by atoms with van der Waals surface area (Å²) in [4.78, 5) is 12.6. The van der Waals surface area contributed by atoms with Crippen LogP contribution in [0.2, 0.25) is 0 Å². The molecule has 1 aromatic rings. The van der Waals surface area contributed by atoms with Crippen molar-refractivity contribution in [3.05, 3.63) is 29.3 Å². The van der Waals surface area contributed by atoms with E-state index >= 15 is 0 Å². The molecule has 0 spiro atoms. The number of hydrogen-bond donors (Lipinski definition) is 1. The first-order chi connectivity index (χ1) is 8.09. The van der Waals surface area contributed by atoms with E-state index in [1.807, 2.05) is 0 Å². The molecular formula is C11H12F2N2O2. The van der Waals surface area contributed by atoms with E-state index in [0.717, 1.165) is 12.1 Å². The van der Waals surface area contributed by atoms with Crippen LogP contribution < -0.4 is 10.6 Å². The van der Waals surface area contributed by atoms with Gasteiger partial charge in [-0.2, -0.15) is 0 Å². The van der Waals surface area contributed by atoms with Gasteiger partial charge in [-0.1, -0.05) is 0 Å². The van der Waals surface area contributed by atoms with Crippen LogP contribution in [0.3, 0.4) is 0 Å². The van der Waals surface area contributed by atoms with Crippen molar-refractivity contribution < 1.29 is 18.3 Å². The van der Waals surface area contributed by atoms with Crippen molar-refractivity contribution in [1.29, 1.82) is 0 Å². The quantitative estimate of drug-likeness (QED) is 0.838. The van der Waals surface area contributed by atoms with Crippen LogP contribution in [0.5, 0.6) is 0 Å². The number of amides is 1. The van der Waals surface area contributed by atoms with Crippen molar-refractivity contribution in [2.75, 3.05) is 31.2 Å². The fraction of sp³-hybridized carbons (Fsp3) is 0.364. The first kappa shape index (κ1) is 11.8. The molecule has 0 saturated carbocycles. The van der Waals surface area contributed by atoms with Crippen LogP contribution in [0, 0.1) is 11.6 Å². The van der Waals surface area contributed by atoms with Gasteiger partial charge in [0.15, 0.2) is 0 Å². The zero-order chi connectivity index (χ0) is 12.4. The number of carbonyl (C=O) groups is 1. The zero-order valence-corrected chi connectivity index (χ0v) is 9.08. The first-order valence-corrected chi connectivity index (χ1v) is 5.21. The Bertz CT molecular complexity index is 422. The topological polar surface area (TPSA) is 55.6 Å². The molecule has 0 aliphatic carbocycles. The number of primary amides is 1. The number of hydrogen-bond acceptors (Lipinski definition) is 3. The first-order valence-electron chi connectivity index (χ1n) is 5.21. The Morgan fingerprint density at radius 3 is 2.24 bits per heavy atom. The van der Waals surface area contributed by atoms with Gasteiger partial charge >= 0.3 is 0 Å². The lowest BCUT2D eigenvalue weighted by atomic mass is 10.1. The van der Waals surface area contributed by atoms with E-state index in [1.165, 1.54) is 0 Å². The number of nitrogens with zero attached hydrogens (tertiary/aromatic N) is 1. The van der Waals surface area contributed by atoms with E-state index in [9.17, 15) is 13.6 Å². The molecule has 4 nitrogen and oxygen atoms in total. The SMILES string of the molecule is NC(=O)c1c(F)cc(N2CCOCC2)cc1F. The second-order valence-corrected chi connectivity index (χ2v) is 3.75. The number of ether oxygens (including phenoxy) is 1. The highest BCUT2D eigenvalue weighted by atomic mass is 19.1. The fourth-order valence-corrected chi connectivity index (χ4v) is 1.80. The minimum Gasteiger partial charge on any atom is -0.378 e. The highest BCUT2D eigenvalue weighted by Crippen LogP contribution is 2.22. The Kier molecular flexibility index (Phi) is 3.23. The van der Waals surface area contributed by atoms with Crippen LogP contribution in [-0.4, -0.2) is 32.2 Å². The molecule has 1 aromatic carbocycles. The molecule has 0 bridgehead atoms. The predicted molar refractivity (Wildman–Crippen MR) is 57.9 cm³/mol. The summed E-state index contributed by atoms with van der Waals surface area (Å²) in [6.07, 6.45) is 0. The van der Waals surface area contributed by atoms with Crippen LogP contribution in [-0.2, 0) is 4.74 Å². The Hall–Kier alpha value is -1.69. The highest BCUT2D eigenvalue weighted by Gasteiger charge is 2.19. The molecule has 1 saturated heterocycles. The second kappa shape index (κ2) is 4.67. The monoisotopic (exact) mass is 242 g/mol. The molecular weight excluding hydrogens is 230 g/mol.